The fourth-order valence-corrected chi connectivity index (χ4v) is 2.50. The van der Waals surface area contributed by atoms with Gasteiger partial charge in [0.2, 0.25) is 0 Å². The lowest BCUT2D eigenvalue weighted by molar-refractivity contribution is -0.137. The van der Waals surface area contributed by atoms with Crippen LogP contribution in [0.2, 0.25) is 0 Å². The molecule has 1 unspecified atom stereocenters. The molecule has 0 radical (unpaired) electrons. The molecule has 2 N–H and O–H groups in total. The van der Waals surface area contributed by atoms with Gasteiger partial charge < -0.3 is 10.4 Å². The lowest BCUT2D eigenvalue weighted by Crippen LogP contribution is -2.31. The number of rotatable bonds is 2. The van der Waals surface area contributed by atoms with Crippen molar-refractivity contribution in [1.82, 2.24) is 0 Å². The summed E-state index contributed by atoms with van der Waals surface area (Å²) < 4.78 is 25.8. The van der Waals surface area contributed by atoms with E-state index in [1.807, 2.05) is 24.3 Å². The Bertz CT molecular complexity index is 722. The van der Waals surface area contributed by atoms with Crippen molar-refractivity contribution in [3.05, 3.63) is 53.6 Å². The van der Waals surface area contributed by atoms with Crippen molar-refractivity contribution in [1.29, 1.82) is 0 Å². The van der Waals surface area contributed by atoms with E-state index in [-0.39, 0.29) is 5.69 Å². The Morgan fingerprint density at radius 2 is 1.81 bits per heavy atom. The molecule has 2 aromatic rings. The lowest BCUT2D eigenvalue weighted by atomic mass is 10.1. The lowest BCUT2D eigenvalue weighted by Gasteiger charge is -2.12. The summed E-state index contributed by atoms with van der Waals surface area (Å²) in [5.41, 5.74) is 3.38. The fourth-order valence-electron chi connectivity index (χ4n) is 2.50. The molecule has 0 aliphatic heterocycles. The molecule has 1 atom stereocenters. The summed E-state index contributed by atoms with van der Waals surface area (Å²) in [5.74, 6) is -4.81. The van der Waals surface area contributed by atoms with E-state index < -0.39 is 17.9 Å². The third-order valence-electron chi connectivity index (χ3n) is 3.55. The number of aliphatic hydroxyl groups excluding tert-OH is 1. The number of halogens is 2. The van der Waals surface area contributed by atoms with Crippen molar-refractivity contribution in [3.8, 4) is 11.1 Å². The molecule has 2 aromatic carbocycles. The van der Waals surface area contributed by atoms with Crippen LogP contribution in [0.5, 0.6) is 0 Å². The molecule has 5 heteroatoms. The van der Waals surface area contributed by atoms with E-state index in [0.29, 0.717) is 12.5 Å². The van der Waals surface area contributed by atoms with Crippen LogP contribution in [-0.4, -0.2) is 16.9 Å². The molecule has 1 amide bonds. The molecule has 3 nitrogen and oxygen atoms in total. The Labute approximate surface area is 120 Å². The zero-order valence-electron chi connectivity index (χ0n) is 11.2. The number of hydrogen-bond donors (Lipinski definition) is 2. The molecule has 0 aromatic heterocycles. The maximum atomic E-state index is 12.9. The van der Waals surface area contributed by atoms with E-state index in [0.717, 1.165) is 16.7 Å². The van der Waals surface area contributed by atoms with Crippen molar-refractivity contribution < 1.29 is 18.7 Å². The minimum absolute atomic E-state index is 0.243. The summed E-state index contributed by atoms with van der Waals surface area (Å²) in [6.07, 6.45) is -0.810. The average molecular weight is 289 g/mol. The maximum Gasteiger partial charge on any atom is 0.322 e. The van der Waals surface area contributed by atoms with Crippen LogP contribution in [0.4, 0.5) is 14.5 Å². The van der Waals surface area contributed by atoms with Gasteiger partial charge in [-0.05, 0) is 34.4 Å². The summed E-state index contributed by atoms with van der Waals surface area (Å²) in [5, 5.41) is 12.4. The van der Waals surface area contributed by atoms with Crippen molar-refractivity contribution in [2.24, 2.45) is 0 Å². The number of amides is 1. The molecule has 1 aliphatic rings. The third kappa shape index (κ3) is 2.29. The number of fused-ring (bicyclic) bond motifs is 3. The van der Waals surface area contributed by atoms with Crippen LogP contribution >= 0.6 is 0 Å². The molecule has 0 bridgehead atoms. The van der Waals surface area contributed by atoms with Crippen LogP contribution in [0.15, 0.2) is 42.5 Å². The predicted molar refractivity (Wildman–Crippen MR) is 75.2 cm³/mol. The highest BCUT2D eigenvalue weighted by Gasteiger charge is 2.33. The minimum Gasteiger partial charge on any atom is -0.384 e. The van der Waals surface area contributed by atoms with Gasteiger partial charge in [0.25, 0.3) is 5.91 Å². The first-order chi connectivity index (χ1) is 9.88. The number of nitrogens with one attached hydrogen (secondary N) is 1. The van der Waals surface area contributed by atoms with E-state index in [1.54, 1.807) is 12.1 Å². The molecule has 0 spiro atoms. The summed E-state index contributed by atoms with van der Waals surface area (Å²) in [6.45, 7) is 0.542. The Morgan fingerprint density at radius 3 is 2.52 bits per heavy atom. The van der Waals surface area contributed by atoms with E-state index in [4.69, 9.17) is 0 Å². The molecule has 0 heterocycles. The third-order valence-corrected chi connectivity index (χ3v) is 3.55. The Kier molecular flexibility index (Phi) is 3.02. The van der Waals surface area contributed by atoms with Gasteiger partial charge in [-0.3, -0.25) is 4.79 Å². The molecular formula is C16H13F2NO2. The summed E-state index contributed by atoms with van der Waals surface area (Å²) in [6, 6.07) is 12.2. The monoisotopic (exact) mass is 289 g/mol. The largest absolute Gasteiger partial charge is 0.384 e. The van der Waals surface area contributed by atoms with Crippen LogP contribution < -0.4 is 5.32 Å². The Morgan fingerprint density at radius 1 is 1.14 bits per heavy atom. The SMILES string of the molecule is CC(F)(F)C(=O)Nc1ccc2c(c1)C(O)c1ccccc1-2. The topological polar surface area (TPSA) is 49.3 Å². The molecule has 108 valence electrons. The normalized spacial score (nSPS) is 16.3. The first kappa shape index (κ1) is 13.7. The van der Waals surface area contributed by atoms with E-state index in [1.165, 1.54) is 6.07 Å². The van der Waals surface area contributed by atoms with Gasteiger partial charge in [0.05, 0.1) is 0 Å². The number of aliphatic hydroxyl groups is 1. The van der Waals surface area contributed by atoms with Crippen LogP contribution in [0.3, 0.4) is 0 Å². The zero-order chi connectivity index (χ0) is 15.2. The van der Waals surface area contributed by atoms with Crippen molar-refractivity contribution >= 4 is 11.6 Å². The summed E-state index contributed by atoms with van der Waals surface area (Å²) >= 11 is 0. The number of benzene rings is 2. The van der Waals surface area contributed by atoms with Gasteiger partial charge in [-0.1, -0.05) is 30.3 Å². The number of anilines is 1. The molecule has 0 fully saturated rings. The van der Waals surface area contributed by atoms with Gasteiger partial charge in [-0.15, -0.1) is 0 Å². The van der Waals surface area contributed by atoms with E-state index in [9.17, 15) is 18.7 Å². The van der Waals surface area contributed by atoms with E-state index >= 15 is 0 Å². The maximum absolute atomic E-state index is 12.9. The molecular weight excluding hydrogens is 276 g/mol. The van der Waals surface area contributed by atoms with Crippen LogP contribution in [0.1, 0.15) is 24.2 Å². The molecule has 0 saturated heterocycles. The van der Waals surface area contributed by atoms with Crippen molar-refractivity contribution in [2.75, 3.05) is 5.32 Å². The predicted octanol–water partition coefficient (Wildman–Crippen LogP) is 3.34. The van der Waals surface area contributed by atoms with Crippen molar-refractivity contribution in [3.63, 3.8) is 0 Å². The molecule has 3 rings (SSSR count). The van der Waals surface area contributed by atoms with Crippen molar-refractivity contribution in [2.45, 2.75) is 19.0 Å². The standard InChI is InChI=1S/C16H13F2NO2/c1-16(17,18)15(21)19-9-6-7-11-10-4-2-3-5-12(10)14(20)13(11)8-9/h2-8,14,20H,1H3,(H,19,21). The second-order valence-corrected chi connectivity index (χ2v) is 5.13. The first-order valence-corrected chi connectivity index (χ1v) is 6.48. The Hall–Kier alpha value is -2.27. The average Bonchev–Trinajstić information content (AvgIpc) is 2.72. The zero-order valence-corrected chi connectivity index (χ0v) is 11.2. The fraction of sp³-hybridized carbons (Fsp3) is 0.188. The van der Waals surface area contributed by atoms with Gasteiger partial charge in [0.15, 0.2) is 0 Å². The van der Waals surface area contributed by atoms with Crippen LogP contribution in [-0.2, 0) is 4.79 Å². The number of carbonyl (C=O) groups is 1. The second-order valence-electron chi connectivity index (χ2n) is 5.13. The van der Waals surface area contributed by atoms with E-state index in [2.05, 4.69) is 5.32 Å². The first-order valence-electron chi connectivity index (χ1n) is 6.48. The van der Waals surface area contributed by atoms with Gasteiger partial charge >= 0.3 is 5.92 Å². The number of alkyl halides is 2. The highest BCUT2D eigenvalue weighted by Crippen LogP contribution is 2.44. The van der Waals surface area contributed by atoms with Gasteiger partial charge in [0, 0.05) is 12.6 Å². The summed E-state index contributed by atoms with van der Waals surface area (Å²) in [4.78, 5) is 11.3. The van der Waals surface area contributed by atoms with Crippen LogP contribution in [0.25, 0.3) is 11.1 Å². The molecule has 1 aliphatic carbocycles. The Balaban J connectivity index is 1.96. The van der Waals surface area contributed by atoms with Crippen LogP contribution in [0, 0.1) is 0 Å². The molecule has 21 heavy (non-hydrogen) atoms. The van der Waals surface area contributed by atoms with Gasteiger partial charge in [-0.2, -0.15) is 8.78 Å². The van der Waals surface area contributed by atoms with Gasteiger partial charge in [0.1, 0.15) is 6.10 Å². The number of hydrogen-bond acceptors (Lipinski definition) is 2. The smallest absolute Gasteiger partial charge is 0.322 e. The number of carbonyl (C=O) groups excluding carboxylic acids is 1. The highest BCUT2D eigenvalue weighted by molar-refractivity contribution is 5.96. The highest BCUT2D eigenvalue weighted by atomic mass is 19.3. The van der Waals surface area contributed by atoms with Gasteiger partial charge in [-0.25, -0.2) is 0 Å². The minimum atomic E-state index is -3.44. The quantitative estimate of drug-likeness (QED) is 0.890. The second kappa shape index (κ2) is 4.63. The summed E-state index contributed by atoms with van der Waals surface area (Å²) in [7, 11) is 0. The molecule has 0 saturated carbocycles.